The van der Waals surface area contributed by atoms with Gasteiger partial charge in [-0.2, -0.15) is 0 Å². The predicted octanol–water partition coefficient (Wildman–Crippen LogP) is 1.60. The standard InChI is InChI=1S/C12H17N2/c1-13-7-9-14(10-8-13)11-12-5-3-2-4-6-12/h2-6,9H,7-8,10-11H2,1H3. The van der Waals surface area contributed by atoms with Gasteiger partial charge < -0.3 is 4.90 Å². The molecule has 0 bridgehead atoms. The molecule has 2 rings (SSSR count). The smallest absolute Gasteiger partial charge is 0.0395 e. The monoisotopic (exact) mass is 189 g/mol. The Labute approximate surface area is 86.1 Å². The summed E-state index contributed by atoms with van der Waals surface area (Å²) in [5.41, 5.74) is 1.40. The number of benzene rings is 1. The SMILES string of the molecule is CN1C[CH]N(Cc2ccccc2)CC1. The van der Waals surface area contributed by atoms with E-state index in [-0.39, 0.29) is 0 Å². The number of nitrogens with zero attached hydrogens (tertiary/aromatic N) is 2. The van der Waals surface area contributed by atoms with Crippen molar-refractivity contribution in [2.75, 3.05) is 26.7 Å². The Bertz CT molecular complexity index is 263. The number of likely N-dealkylation sites (N-methyl/N-ethyl adjacent to an activating group) is 1. The molecular formula is C12H17N2. The van der Waals surface area contributed by atoms with Crippen LogP contribution in [0.3, 0.4) is 0 Å². The van der Waals surface area contributed by atoms with E-state index in [0.29, 0.717) is 0 Å². The van der Waals surface area contributed by atoms with Crippen molar-refractivity contribution in [3.05, 3.63) is 42.4 Å². The molecule has 1 aliphatic heterocycles. The summed E-state index contributed by atoms with van der Waals surface area (Å²) in [4.78, 5) is 4.73. The van der Waals surface area contributed by atoms with Gasteiger partial charge in [-0.3, -0.25) is 4.90 Å². The third kappa shape index (κ3) is 2.56. The zero-order valence-electron chi connectivity index (χ0n) is 8.69. The lowest BCUT2D eigenvalue weighted by Gasteiger charge is -2.31. The van der Waals surface area contributed by atoms with Gasteiger partial charge in [-0.25, -0.2) is 0 Å². The number of hydrogen-bond donors (Lipinski definition) is 0. The Balaban J connectivity index is 1.87. The van der Waals surface area contributed by atoms with Crippen LogP contribution in [0.25, 0.3) is 0 Å². The lowest BCUT2D eigenvalue weighted by atomic mass is 10.2. The van der Waals surface area contributed by atoms with E-state index < -0.39 is 0 Å². The molecule has 1 aliphatic rings. The van der Waals surface area contributed by atoms with Gasteiger partial charge in [0.05, 0.1) is 0 Å². The first-order chi connectivity index (χ1) is 6.84. The minimum Gasteiger partial charge on any atom is -0.303 e. The Morgan fingerprint density at radius 1 is 1.14 bits per heavy atom. The fourth-order valence-electron chi connectivity index (χ4n) is 1.70. The average molecular weight is 189 g/mol. The van der Waals surface area contributed by atoms with Gasteiger partial charge in [-0.15, -0.1) is 0 Å². The van der Waals surface area contributed by atoms with Gasteiger partial charge in [-0.05, 0) is 12.6 Å². The highest BCUT2D eigenvalue weighted by Crippen LogP contribution is 2.09. The minimum absolute atomic E-state index is 1.05. The van der Waals surface area contributed by atoms with E-state index in [0.717, 1.165) is 19.6 Å². The number of piperazine rings is 1. The van der Waals surface area contributed by atoms with Gasteiger partial charge in [0, 0.05) is 32.7 Å². The third-order valence-electron chi connectivity index (χ3n) is 2.65. The van der Waals surface area contributed by atoms with Crippen molar-refractivity contribution in [3.63, 3.8) is 0 Å². The molecule has 1 aromatic rings. The van der Waals surface area contributed by atoms with E-state index in [2.05, 4.69) is 53.7 Å². The average Bonchev–Trinajstić information content (AvgIpc) is 2.23. The fraction of sp³-hybridized carbons (Fsp3) is 0.417. The van der Waals surface area contributed by atoms with Crippen LogP contribution in [-0.2, 0) is 6.54 Å². The van der Waals surface area contributed by atoms with Crippen LogP contribution in [0.15, 0.2) is 30.3 Å². The van der Waals surface area contributed by atoms with E-state index in [4.69, 9.17) is 0 Å². The van der Waals surface area contributed by atoms with Crippen molar-refractivity contribution in [2.24, 2.45) is 0 Å². The molecule has 0 saturated carbocycles. The summed E-state index contributed by atoms with van der Waals surface area (Å²) in [5.74, 6) is 0. The van der Waals surface area contributed by atoms with E-state index in [9.17, 15) is 0 Å². The van der Waals surface area contributed by atoms with Crippen LogP contribution in [0.1, 0.15) is 5.56 Å². The van der Waals surface area contributed by atoms with Crippen LogP contribution in [0.2, 0.25) is 0 Å². The van der Waals surface area contributed by atoms with Gasteiger partial charge in [0.1, 0.15) is 0 Å². The van der Waals surface area contributed by atoms with Crippen LogP contribution >= 0.6 is 0 Å². The maximum Gasteiger partial charge on any atom is 0.0395 e. The summed E-state index contributed by atoms with van der Waals surface area (Å²) in [6, 6.07) is 10.6. The van der Waals surface area contributed by atoms with Gasteiger partial charge in [0.25, 0.3) is 0 Å². The lowest BCUT2D eigenvalue weighted by molar-refractivity contribution is 0.190. The van der Waals surface area contributed by atoms with Gasteiger partial charge in [-0.1, -0.05) is 30.3 Å². The van der Waals surface area contributed by atoms with Crippen molar-refractivity contribution in [1.82, 2.24) is 9.80 Å². The summed E-state index contributed by atoms with van der Waals surface area (Å²) in [5, 5.41) is 0. The lowest BCUT2D eigenvalue weighted by Crippen LogP contribution is -2.40. The van der Waals surface area contributed by atoms with Crippen LogP contribution in [-0.4, -0.2) is 36.5 Å². The Hall–Kier alpha value is -0.860. The maximum absolute atomic E-state index is 2.40. The maximum atomic E-state index is 2.40. The first kappa shape index (κ1) is 9.69. The molecule has 0 N–H and O–H groups in total. The van der Waals surface area contributed by atoms with Crippen molar-refractivity contribution in [3.8, 4) is 0 Å². The summed E-state index contributed by atoms with van der Waals surface area (Å²) in [7, 11) is 2.16. The third-order valence-corrected chi connectivity index (χ3v) is 2.65. The first-order valence-electron chi connectivity index (χ1n) is 5.14. The zero-order chi connectivity index (χ0) is 9.80. The summed E-state index contributed by atoms with van der Waals surface area (Å²) in [6.45, 7) is 6.73. The molecule has 0 aliphatic carbocycles. The second-order valence-corrected chi connectivity index (χ2v) is 3.90. The van der Waals surface area contributed by atoms with Crippen LogP contribution in [0, 0.1) is 6.54 Å². The van der Waals surface area contributed by atoms with E-state index >= 15 is 0 Å². The fourth-order valence-corrected chi connectivity index (χ4v) is 1.70. The summed E-state index contributed by atoms with van der Waals surface area (Å²) < 4.78 is 0. The van der Waals surface area contributed by atoms with Crippen molar-refractivity contribution in [1.29, 1.82) is 0 Å². The Morgan fingerprint density at radius 3 is 2.57 bits per heavy atom. The molecule has 2 heteroatoms. The largest absolute Gasteiger partial charge is 0.303 e. The molecular weight excluding hydrogens is 172 g/mol. The van der Waals surface area contributed by atoms with Gasteiger partial charge >= 0.3 is 0 Å². The van der Waals surface area contributed by atoms with E-state index in [1.165, 1.54) is 12.1 Å². The molecule has 0 spiro atoms. The normalized spacial score (nSPS) is 19.8. The summed E-state index contributed by atoms with van der Waals surface area (Å²) >= 11 is 0. The molecule has 1 aromatic carbocycles. The first-order valence-corrected chi connectivity index (χ1v) is 5.14. The molecule has 0 unspecified atom stereocenters. The van der Waals surface area contributed by atoms with E-state index in [1.807, 2.05) is 0 Å². The molecule has 2 nitrogen and oxygen atoms in total. The predicted molar refractivity (Wildman–Crippen MR) is 58.6 cm³/mol. The highest BCUT2D eigenvalue weighted by atomic mass is 15.2. The van der Waals surface area contributed by atoms with Crippen molar-refractivity contribution in [2.45, 2.75) is 6.54 Å². The quantitative estimate of drug-likeness (QED) is 0.697. The second-order valence-electron chi connectivity index (χ2n) is 3.90. The van der Waals surface area contributed by atoms with E-state index in [1.54, 1.807) is 0 Å². The minimum atomic E-state index is 1.05. The van der Waals surface area contributed by atoms with Crippen molar-refractivity contribution < 1.29 is 0 Å². The zero-order valence-corrected chi connectivity index (χ0v) is 8.69. The second kappa shape index (κ2) is 4.58. The molecule has 75 valence electrons. The van der Waals surface area contributed by atoms with Gasteiger partial charge in [0.2, 0.25) is 0 Å². The molecule has 1 fully saturated rings. The Kier molecular flexibility index (Phi) is 3.17. The number of hydrogen-bond acceptors (Lipinski definition) is 2. The molecule has 1 saturated heterocycles. The molecule has 1 heterocycles. The topological polar surface area (TPSA) is 6.48 Å². The van der Waals surface area contributed by atoms with Crippen LogP contribution in [0.4, 0.5) is 0 Å². The molecule has 0 amide bonds. The molecule has 0 atom stereocenters. The molecule has 14 heavy (non-hydrogen) atoms. The molecule has 1 radical (unpaired) electrons. The van der Waals surface area contributed by atoms with Crippen LogP contribution in [0.5, 0.6) is 0 Å². The summed E-state index contributed by atoms with van der Waals surface area (Å²) in [6.07, 6.45) is 0. The van der Waals surface area contributed by atoms with Crippen LogP contribution < -0.4 is 0 Å². The highest BCUT2D eigenvalue weighted by molar-refractivity contribution is 5.14. The Morgan fingerprint density at radius 2 is 1.93 bits per heavy atom. The van der Waals surface area contributed by atoms with Gasteiger partial charge in [0.15, 0.2) is 0 Å². The number of rotatable bonds is 2. The van der Waals surface area contributed by atoms with Crippen molar-refractivity contribution >= 4 is 0 Å². The highest BCUT2D eigenvalue weighted by Gasteiger charge is 2.13. The molecule has 0 aromatic heterocycles.